The lowest BCUT2D eigenvalue weighted by molar-refractivity contribution is 0.588. The van der Waals surface area contributed by atoms with Gasteiger partial charge in [-0.3, -0.25) is 0 Å². The molecule has 0 N–H and O–H groups in total. The van der Waals surface area contributed by atoms with Gasteiger partial charge < -0.3 is 0 Å². The van der Waals surface area contributed by atoms with Crippen molar-refractivity contribution in [2.24, 2.45) is 4.99 Å². The zero-order valence-electron chi connectivity index (χ0n) is 9.02. The molecule has 0 aliphatic heterocycles. The largest absolute Gasteiger partial charge is 0.204 e. The van der Waals surface area contributed by atoms with Crippen molar-refractivity contribution in [3.63, 3.8) is 0 Å². The number of isothiocyanates is 1. The van der Waals surface area contributed by atoms with Crippen molar-refractivity contribution in [2.45, 2.75) is 4.90 Å². The van der Waals surface area contributed by atoms with Crippen molar-refractivity contribution in [3.05, 3.63) is 48.0 Å². The van der Waals surface area contributed by atoms with E-state index in [1.54, 1.807) is 24.3 Å². The topological polar surface area (TPSA) is 12.4 Å². The van der Waals surface area contributed by atoms with Crippen LogP contribution < -0.4 is 0 Å². The van der Waals surface area contributed by atoms with E-state index in [1.165, 1.54) is 12.1 Å². The maximum absolute atomic E-state index is 13.6. The van der Waals surface area contributed by atoms with Crippen LogP contribution in [0.2, 0.25) is 0 Å². The Kier molecular flexibility index (Phi) is 3.87. The van der Waals surface area contributed by atoms with E-state index in [-0.39, 0.29) is 0 Å². The number of halogens is 2. The van der Waals surface area contributed by atoms with Gasteiger partial charge in [-0.05, 0) is 47.6 Å². The molecule has 18 heavy (non-hydrogen) atoms. The van der Waals surface area contributed by atoms with Crippen LogP contribution in [0.1, 0.15) is 0 Å². The van der Waals surface area contributed by atoms with E-state index in [1.807, 2.05) is 5.16 Å². The highest BCUT2D eigenvalue weighted by Gasteiger charge is 2.11. The molecule has 0 heterocycles. The van der Waals surface area contributed by atoms with Crippen LogP contribution in [0.4, 0.5) is 14.5 Å². The second kappa shape index (κ2) is 5.40. The Hall–Kier alpha value is -1.55. The average molecular weight is 279 g/mol. The first-order valence-corrected chi connectivity index (χ1v) is 5.83. The number of hydrogen-bond acceptors (Lipinski definition) is 3. The Bertz CT molecular complexity index is 609. The van der Waals surface area contributed by atoms with Crippen LogP contribution in [0.5, 0.6) is 0 Å². The second-order valence-electron chi connectivity index (χ2n) is 3.54. The summed E-state index contributed by atoms with van der Waals surface area (Å²) in [6.45, 7) is 0. The van der Waals surface area contributed by atoms with Crippen LogP contribution in [0, 0.1) is 11.6 Å². The zero-order valence-corrected chi connectivity index (χ0v) is 10.7. The number of aliphatic imine (C=N–C) groups is 1. The summed E-state index contributed by atoms with van der Waals surface area (Å²) in [6.07, 6.45) is 0. The van der Waals surface area contributed by atoms with Crippen LogP contribution in [-0.2, 0) is 0 Å². The fraction of sp³-hybridized carbons (Fsp3) is 0. The highest BCUT2D eigenvalue weighted by Crippen LogP contribution is 2.29. The van der Waals surface area contributed by atoms with Gasteiger partial charge in [0.15, 0.2) is 11.6 Å². The number of nitrogens with zero attached hydrogens (tertiary/aromatic N) is 1. The Labute approximate surface area is 114 Å². The quantitative estimate of drug-likeness (QED) is 0.479. The summed E-state index contributed by atoms with van der Waals surface area (Å²) >= 11 is 8.48. The number of hydrogen-bond donors (Lipinski definition) is 1. The lowest BCUT2D eigenvalue weighted by atomic mass is 10.0. The van der Waals surface area contributed by atoms with E-state index >= 15 is 0 Å². The van der Waals surface area contributed by atoms with Crippen LogP contribution in [0.3, 0.4) is 0 Å². The van der Waals surface area contributed by atoms with Crippen LogP contribution in [0.15, 0.2) is 46.3 Å². The second-order valence-corrected chi connectivity index (χ2v) is 4.24. The normalized spacial score (nSPS) is 9.94. The molecule has 0 bridgehead atoms. The summed E-state index contributed by atoms with van der Waals surface area (Å²) in [4.78, 5) is 4.14. The molecule has 2 aromatic carbocycles. The predicted octanol–water partition coefficient (Wildman–Crippen LogP) is 4.65. The van der Waals surface area contributed by atoms with Gasteiger partial charge in [-0.25, -0.2) is 8.78 Å². The number of benzene rings is 2. The molecule has 0 amide bonds. The molecule has 0 saturated carbocycles. The van der Waals surface area contributed by atoms with E-state index < -0.39 is 17.3 Å². The summed E-state index contributed by atoms with van der Waals surface area (Å²) in [7, 11) is 0. The van der Waals surface area contributed by atoms with E-state index in [4.69, 9.17) is 0 Å². The number of thiocarbonyl (C=S) groups is 1. The summed E-state index contributed by atoms with van der Waals surface area (Å²) in [6, 6.07) is 9.39. The molecule has 2 rings (SSSR count). The third-order valence-electron chi connectivity index (χ3n) is 2.37. The molecule has 0 spiro atoms. The summed E-state index contributed by atoms with van der Waals surface area (Å²) < 4.78 is 27.3. The maximum Gasteiger partial charge on any atom is 0.153 e. The predicted molar refractivity (Wildman–Crippen MR) is 73.7 cm³/mol. The molecule has 1 nitrogen and oxygen atoms in total. The molecule has 90 valence electrons. The molecule has 0 atom stereocenters. The van der Waals surface area contributed by atoms with Crippen molar-refractivity contribution >= 4 is 35.7 Å². The molecule has 2 aromatic rings. The van der Waals surface area contributed by atoms with Gasteiger partial charge in [-0.2, -0.15) is 4.99 Å². The molecule has 0 saturated heterocycles. The highest BCUT2D eigenvalue weighted by atomic mass is 32.1. The monoisotopic (exact) mass is 279 g/mol. The fourth-order valence-corrected chi connectivity index (χ4v) is 1.78. The van der Waals surface area contributed by atoms with Crippen LogP contribution in [0.25, 0.3) is 11.1 Å². The summed E-state index contributed by atoms with van der Waals surface area (Å²) in [5.74, 6) is -1.53. The minimum Gasteiger partial charge on any atom is -0.204 e. The fourth-order valence-electron chi connectivity index (χ4n) is 1.54. The van der Waals surface area contributed by atoms with E-state index in [0.717, 1.165) is 4.90 Å². The van der Waals surface area contributed by atoms with Crippen molar-refractivity contribution in [2.75, 3.05) is 0 Å². The standard InChI is InChI=1S/C13H7F2NS2/c14-11-5-9(6-12(15)13(11)16-7-17)8-1-3-10(18)4-2-8/h1-6,18H. The van der Waals surface area contributed by atoms with Gasteiger partial charge >= 0.3 is 0 Å². The lowest BCUT2D eigenvalue weighted by Gasteiger charge is -2.05. The highest BCUT2D eigenvalue weighted by molar-refractivity contribution is 7.80. The van der Waals surface area contributed by atoms with E-state index in [9.17, 15) is 8.78 Å². The minimum absolute atomic E-state index is 0.417. The molecule has 0 aliphatic rings. The molecular formula is C13H7F2NS2. The van der Waals surface area contributed by atoms with E-state index in [2.05, 4.69) is 29.8 Å². The summed E-state index contributed by atoms with van der Waals surface area (Å²) in [5.41, 5.74) is 0.713. The molecule has 0 unspecified atom stereocenters. The Balaban J connectivity index is 2.54. The Morgan fingerprint density at radius 3 is 2.06 bits per heavy atom. The third kappa shape index (κ3) is 2.64. The minimum atomic E-state index is -0.766. The van der Waals surface area contributed by atoms with Gasteiger partial charge in [0, 0.05) is 4.90 Å². The van der Waals surface area contributed by atoms with Crippen molar-refractivity contribution in [3.8, 4) is 11.1 Å². The SMILES string of the molecule is Fc1cc(-c2ccc(S)cc2)cc(F)c1N=C=S. The van der Waals surface area contributed by atoms with Gasteiger partial charge in [-0.15, -0.1) is 12.6 Å². The molecule has 0 radical (unpaired) electrons. The van der Waals surface area contributed by atoms with Crippen LogP contribution >= 0.6 is 24.8 Å². The first-order chi connectivity index (χ1) is 8.61. The first-order valence-electron chi connectivity index (χ1n) is 4.98. The molecule has 0 fully saturated rings. The van der Waals surface area contributed by atoms with Gasteiger partial charge in [0.25, 0.3) is 0 Å². The molecule has 0 aromatic heterocycles. The number of rotatable bonds is 2. The first kappa shape index (κ1) is 12.9. The lowest BCUT2D eigenvalue weighted by Crippen LogP contribution is -1.86. The van der Waals surface area contributed by atoms with Crippen molar-refractivity contribution in [1.29, 1.82) is 0 Å². The van der Waals surface area contributed by atoms with Gasteiger partial charge in [0.1, 0.15) is 5.69 Å². The molecule has 0 aliphatic carbocycles. The Morgan fingerprint density at radius 2 is 1.56 bits per heavy atom. The average Bonchev–Trinajstić information content (AvgIpc) is 2.34. The van der Waals surface area contributed by atoms with Gasteiger partial charge in [0.05, 0.1) is 5.16 Å². The van der Waals surface area contributed by atoms with Crippen molar-refractivity contribution in [1.82, 2.24) is 0 Å². The van der Waals surface area contributed by atoms with Crippen LogP contribution in [-0.4, -0.2) is 5.16 Å². The summed E-state index contributed by atoms with van der Waals surface area (Å²) in [5, 5.41) is 1.95. The smallest absolute Gasteiger partial charge is 0.153 e. The van der Waals surface area contributed by atoms with Gasteiger partial charge in [0.2, 0.25) is 0 Å². The molecule has 5 heteroatoms. The third-order valence-corrected chi connectivity index (χ3v) is 2.76. The maximum atomic E-state index is 13.6. The van der Waals surface area contributed by atoms with Gasteiger partial charge in [-0.1, -0.05) is 12.1 Å². The van der Waals surface area contributed by atoms with E-state index in [0.29, 0.717) is 11.1 Å². The number of thiol groups is 1. The Morgan fingerprint density at radius 1 is 1.00 bits per heavy atom. The zero-order chi connectivity index (χ0) is 13.1. The van der Waals surface area contributed by atoms with Crippen molar-refractivity contribution < 1.29 is 8.78 Å². The molecular weight excluding hydrogens is 272 g/mol.